The first-order valence-electron chi connectivity index (χ1n) is 4.59. The Hall–Kier alpha value is -2.58. The van der Waals surface area contributed by atoms with Gasteiger partial charge in [0.15, 0.2) is 5.56 Å². The van der Waals surface area contributed by atoms with Crippen LogP contribution in [0.2, 0.25) is 0 Å². The predicted molar refractivity (Wildman–Crippen MR) is 57.7 cm³/mol. The van der Waals surface area contributed by atoms with E-state index in [0.717, 1.165) is 4.90 Å². The predicted octanol–water partition coefficient (Wildman–Crippen LogP) is 1.34. The number of rotatable bonds is 3. The van der Waals surface area contributed by atoms with Gasteiger partial charge in [-0.25, -0.2) is 4.39 Å². The summed E-state index contributed by atoms with van der Waals surface area (Å²) in [7, 11) is 2.57. The summed E-state index contributed by atoms with van der Waals surface area (Å²) in [5.41, 5.74) is -2.51. The van der Waals surface area contributed by atoms with Crippen molar-refractivity contribution in [2.45, 2.75) is 0 Å². The maximum Gasteiger partial charge on any atom is 0.292 e. The zero-order valence-corrected chi connectivity index (χ0v) is 9.42. The van der Waals surface area contributed by atoms with E-state index in [1.165, 1.54) is 14.1 Å². The Bertz CT molecular complexity index is 543. The Morgan fingerprint density at radius 2 is 1.78 bits per heavy atom. The van der Waals surface area contributed by atoms with Gasteiger partial charge in [-0.05, 0) is 0 Å². The van der Waals surface area contributed by atoms with Crippen molar-refractivity contribution in [1.82, 2.24) is 4.90 Å². The second kappa shape index (κ2) is 4.73. The van der Waals surface area contributed by atoms with Gasteiger partial charge in [0.25, 0.3) is 17.3 Å². The van der Waals surface area contributed by atoms with Crippen LogP contribution >= 0.6 is 0 Å². The molecule has 0 fully saturated rings. The van der Waals surface area contributed by atoms with Gasteiger partial charge < -0.3 is 4.90 Å². The minimum atomic E-state index is -1.30. The van der Waals surface area contributed by atoms with E-state index in [1.807, 2.05) is 0 Å². The molecule has 9 heteroatoms. The lowest BCUT2D eigenvalue weighted by molar-refractivity contribution is -0.394. The number of amides is 1. The number of carbonyl (C=O) groups is 1. The summed E-state index contributed by atoms with van der Waals surface area (Å²) in [5.74, 6) is -2.23. The van der Waals surface area contributed by atoms with Gasteiger partial charge in [0.2, 0.25) is 0 Å². The largest absolute Gasteiger partial charge is 0.344 e. The Labute approximate surface area is 99.9 Å². The van der Waals surface area contributed by atoms with Crippen molar-refractivity contribution < 1.29 is 19.0 Å². The summed E-state index contributed by atoms with van der Waals surface area (Å²) in [6, 6.07) is 1.03. The molecule has 0 aliphatic rings. The minimum Gasteiger partial charge on any atom is -0.344 e. The minimum absolute atomic E-state index is 0.476. The third-order valence-corrected chi connectivity index (χ3v) is 2.08. The lowest BCUT2D eigenvalue weighted by Gasteiger charge is -2.10. The summed E-state index contributed by atoms with van der Waals surface area (Å²) in [6.07, 6.45) is 0. The van der Waals surface area contributed by atoms with Gasteiger partial charge in [-0.3, -0.25) is 25.0 Å². The van der Waals surface area contributed by atoms with E-state index in [9.17, 15) is 29.4 Å². The smallest absolute Gasteiger partial charge is 0.292 e. The van der Waals surface area contributed by atoms with Crippen LogP contribution in [0.1, 0.15) is 10.4 Å². The zero-order valence-electron chi connectivity index (χ0n) is 9.42. The molecule has 0 N–H and O–H groups in total. The Morgan fingerprint density at radius 1 is 1.22 bits per heavy atom. The standard InChI is InChI=1S/C9H8FN3O5/c1-11(2)9(14)8-6(10)3-5(12(15)16)4-7(8)13(17)18/h3-4H,1-2H3. The van der Waals surface area contributed by atoms with Crippen LogP contribution in [-0.4, -0.2) is 34.7 Å². The SMILES string of the molecule is CN(C)C(=O)c1c(F)cc([N+](=O)[O-])cc1[N+](=O)[O-]. The van der Waals surface area contributed by atoms with E-state index >= 15 is 0 Å². The van der Waals surface area contributed by atoms with E-state index in [2.05, 4.69) is 0 Å². The van der Waals surface area contributed by atoms with E-state index in [1.54, 1.807) is 0 Å². The second-order valence-electron chi connectivity index (χ2n) is 3.54. The Morgan fingerprint density at radius 3 is 2.17 bits per heavy atom. The normalized spacial score (nSPS) is 9.94. The highest BCUT2D eigenvalue weighted by atomic mass is 19.1. The highest BCUT2D eigenvalue weighted by Crippen LogP contribution is 2.28. The fourth-order valence-electron chi connectivity index (χ4n) is 1.26. The van der Waals surface area contributed by atoms with Gasteiger partial charge in [-0.2, -0.15) is 0 Å². The lowest BCUT2D eigenvalue weighted by atomic mass is 10.1. The fraction of sp³-hybridized carbons (Fsp3) is 0.222. The number of nitro benzene ring substituents is 2. The molecular weight excluding hydrogens is 249 g/mol. The summed E-state index contributed by atoms with van der Waals surface area (Å²) in [4.78, 5) is 31.7. The molecule has 0 aromatic heterocycles. The van der Waals surface area contributed by atoms with Crippen molar-refractivity contribution in [3.8, 4) is 0 Å². The van der Waals surface area contributed by atoms with Gasteiger partial charge in [0, 0.05) is 14.1 Å². The molecule has 0 heterocycles. The van der Waals surface area contributed by atoms with Crippen LogP contribution in [0.5, 0.6) is 0 Å². The second-order valence-corrected chi connectivity index (χ2v) is 3.54. The average molecular weight is 257 g/mol. The zero-order chi connectivity index (χ0) is 14.0. The number of nitro groups is 2. The maximum absolute atomic E-state index is 13.6. The number of hydrogen-bond donors (Lipinski definition) is 0. The molecule has 0 aliphatic carbocycles. The van der Waals surface area contributed by atoms with Crippen molar-refractivity contribution in [3.05, 3.63) is 43.7 Å². The number of benzene rings is 1. The van der Waals surface area contributed by atoms with E-state index in [0.29, 0.717) is 12.1 Å². The lowest BCUT2D eigenvalue weighted by Crippen LogP contribution is -2.24. The molecule has 1 aromatic carbocycles. The average Bonchev–Trinajstić information content (AvgIpc) is 2.26. The quantitative estimate of drug-likeness (QED) is 0.599. The molecule has 96 valence electrons. The van der Waals surface area contributed by atoms with Crippen LogP contribution in [-0.2, 0) is 0 Å². The Kier molecular flexibility index (Phi) is 3.55. The molecule has 0 saturated carbocycles. The summed E-state index contributed by atoms with van der Waals surface area (Å²) < 4.78 is 13.6. The van der Waals surface area contributed by atoms with Crippen LogP contribution < -0.4 is 0 Å². The molecule has 0 spiro atoms. The van der Waals surface area contributed by atoms with Gasteiger partial charge in [-0.15, -0.1) is 0 Å². The molecule has 0 saturated heterocycles. The molecular formula is C9H8FN3O5. The molecule has 18 heavy (non-hydrogen) atoms. The van der Waals surface area contributed by atoms with Crippen LogP contribution in [0.25, 0.3) is 0 Å². The molecule has 1 amide bonds. The van der Waals surface area contributed by atoms with E-state index in [-0.39, 0.29) is 0 Å². The van der Waals surface area contributed by atoms with Crippen molar-refractivity contribution in [3.63, 3.8) is 0 Å². The molecule has 0 radical (unpaired) electrons. The molecule has 1 rings (SSSR count). The number of non-ortho nitro benzene ring substituents is 1. The third kappa shape index (κ3) is 2.39. The molecule has 8 nitrogen and oxygen atoms in total. The summed E-state index contributed by atoms with van der Waals surface area (Å²) in [5, 5.41) is 21.2. The Balaban J connectivity index is 3.56. The van der Waals surface area contributed by atoms with Crippen LogP contribution in [0.3, 0.4) is 0 Å². The van der Waals surface area contributed by atoms with Crippen molar-refractivity contribution in [2.24, 2.45) is 0 Å². The number of nitrogens with zero attached hydrogens (tertiary/aromatic N) is 3. The first-order valence-corrected chi connectivity index (χ1v) is 4.59. The van der Waals surface area contributed by atoms with Crippen molar-refractivity contribution in [2.75, 3.05) is 14.1 Å². The monoisotopic (exact) mass is 257 g/mol. The van der Waals surface area contributed by atoms with Gasteiger partial charge in [-0.1, -0.05) is 0 Å². The number of halogens is 1. The number of hydrogen-bond acceptors (Lipinski definition) is 5. The van der Waals surface area contributed by atoms with Gasteiger partial charge >= 0.3 is 0 Å². The molecule has 0 atom stereocenters. The molecule has 0 bridgehead atoms. The third-order valence-electron chi connectivity index (χ3n) is 2.08. The fourth-order valence-corrected chi connectivity index (χ4v) is 1.26. The van der Waals surface area contributed by atoms with Crippen molar-refractivity contribution >= 4 is 17.3 Å². The van der Waals surface area contributed by atoms with Crippen LogP contribution in [0.15, 0.2) is 12.1 Å². The molecule has 0 aliphatic heterocycles. The first-order chi connectivity index (χ1) is 8.25. The van der Waals surface area contributed by atoms with E-state index in [4.69, 9.17) is 0 Å². The van der Waals surface area contributed by atoms with Gasteiger partial charge in [0.05, 0.1) is 22.0 Å². The number of carbonyl (C=O) groups excluding carboxylic acids is 1. The maximum atomic E-state index is 13.6. The first kappa shape index (κ1) is 13.5. The summed E-state index contributed by atoms with van der Waals surface area (Å²) in [6.45, 7) is 0. The van der Waals surface area contributed by atoms with Gasteiger partial charge in [0.1, 0.15) is 5.82 Å². The summed E-state index contributed by atoms with van der Waals surface area (Å²) >= 11 is 0. The highest BCUT2D eigenvalue weighted by molar-refractivity contribution is 5.98. The topological polar surface area (TPSA) is 107 Å². The molecule has 0 unspecified atom stereocenters. The van der Waals surface area contributed by atoms with Crippen molar-refractivity contribution in [1.29, 1.82) is 0 Å². The van der Waals surface area contributed by atoms with Crippen LogP contribution in [0.4, 0.5) is 15.8 Å². The van der Waals surface area contributed by atoms with E-state index < -0.39 is 38.5 Å². The highest BCUT2D eigenvalue weighted by Gasteiger charge is 2.29. The van der Waals surface area contributed by atoms with Crippen LogP contribution in [0, 0.1) is 26.0 Å². The molecule has 1 aromatic rings.